The van der Waals surface area contributed by atoms with Crippen molar-refractivity contribution < 1.29 is 4.74 Å². The summed E-state index contributed by atoms with van der Waals surface area (Å²) in [5.74, 6) is 0.930. The first kappa shape index (κ1) is 15.2. The van der Waals surface area contributed by atoms with Gasteiger partial charge in [0.1, 0.15) is 12.1 Å². The number of aliphatic imine (C=N–C) groups is 1. The van der Waals surface area contributed by atoms with Gasteiger partial charge in [0.2, 0.25) is 0 Å². The van der Waals surface area contributed by atoms with Gasteiger partial charge in [0.25, 0.3) is 0 Å². The van der Waals surface area contributed by atoms with Crippen LogP contribution in [0.4, 0.5) is 11.5 Å². The van der Waals surface area contributed by atoms with E-state index in [1.165, 1.54) is 0 Å². The van der Waals surface area contributed by atoms with Crippen molar-refractivity contribution in [2.45, 2.75) is 0 Å². The third-order valence-corrected chi connectivity index (χ3v) is 4.73. The van der Waals surface area contributed by atoms with Crippen LogP contribution in [0, 0.1) is 0 Å². The minimum absolute atomic E-state index is 0.735. The van der Waals surface area contributed by atoms with Gasteiger partial charge in [-0.25, -0.2) is 15.0 Å². The molecule has 6 heteroatoms. The van der Waals surface area contributed by atoms with E-state index in [9.17, 15) is 0 Å². The van der Waals surface area contributed by atoms with Gasteiger partial charge in [-0.2, -0.15) is 0 Å². The summed E-state index contributed by atoms with van der Waals surface area (Å²) in [7, 11) is 0. The van der Waals surface area contributed by atoms with Gasteiger partial charge >= 0.3 is 0 Å². The van der Waals surface area contributed by atoms with Crippen LogP contribution in [0.3, 0.4) is 0 Å². The average molecular weight is 343 g/mol. The van der Waals surface area contributed by atoms with E-state index >= 15 is 0 Å². The highest BCUT2D eigenvalue weighted by molar-refractivity contribution is 6.21. The molecule has 2 aromatic heterocycles. The third-order valence-electron chi connectivity index (χ3n) is 4.73. The summed E-state index contributed by atoms with van der Waals surface area (Å²) in [6, 6.07) is 12.4. The first-order valence-electron chi connectivity index (χ1n) is 8.67. The molecule has 0 spiro atoms. The third kappa shape index (κ3) is 2.64. The summed E-state index contributed by atoms with van der Waals surface area (Å²) in [6.07, 6.45) is 5.23. The average Bonchev–Trinajstić information content (AvgIpc) is 2.70. The zero-order valence-electron chi connectivity index (χ0n) is 14.2. The zero-order chi connectivity index (χ0) is 17.3. The van der Waals surface area contributed by atoms with Crippen molar-refractivity contribution in [3.8, 4) is 11.1 Å². The Kier molecular flexibility index (Phi) is 3.68. The SMILES string of the molecule is c1cc(-c2ccc3c(c2)C(c2cc(N4CCOCC4)ncn2)=N3)ccn1. The van der Waals surface area contributed by atoms with Crippen molar-refractivity contribution in [2.24, 2.45) is 4.99 Å². The van der Waals surface area contributed by atoms with Gasteiger partial charge in [0.15, 0.2) is 0 Å². The standard InChI is InChI=1S/C20H17N5O/c1-2-17-16(11-15(1)14-3-5-21-6-4-14)20(24-17)18-12-19(23-13-22-18)25-7-9-26-10-8-25/h1-6,11-13H,7-10H2. The lowest BCUT2D eigenvalue weighted by Crippen LogP contribution is -2.37. The Balaban J connectivity index is 1.46. The molecule has 0 N–H and O–H groups in total. The second-order valence-corrected chi connectivity index (χ2v) is 6.29. The van der Waals surface area contributed by atoms with Crippen molar-refractivity contribution >= 4 is 17.2 Å². The van der Waals surface area contributed by atoms with E-state index in [1.54, 1.807) is 6.33 Å². The molecular formula is C20H17N5O. The molecule has 6 nitrogen and oxygen atoms in total. The number of nitrogens with zero attached hydrogens (tertiary/aromatic N) is 5. The van der Waals surface area contributed by atoms with E-state index in [2.05, 4.69) is 43.0 Å². The van der Waals surface area contributed by atoms with Crippen LogP contribution < -0.4 is 4.90 Å². The molecule has 0 radical (unpaired) electrons. The zero-order valence-corrected chi connectivity index (χ0v) is 14.2. The topological polar surface area (TPSA) is 63.5 Å². The molecule has 128 valence electrons. The number of hydrogen-bond donors (Lipinski definition) is 0. The number of pyridine rings is 1. The lowest BCUT2D eigenvalue weighted by Gasteiger charge is -2.28. The molecule has 0 unspecified atom stereocenters. The molecule has 0 saturated carbocycles. The van der Waals surface area contributed by atoms with Crippen LogP contribution >= 0.6 is 0 Å². The number of aromatic nitrogens is 3. The van der Waals surface area contributed by atoms with Crippen LogP contribution in [0.1, 0.15) is 11.3 Å². The van der Waals surface area contributed by atoms with Crippen molar-refractivity contribution in [1.82, 2.24) is 15.0 Å². The van der Waals surface area contributed by atoms with Gasteiger partial charge in [-0.05, 0) is 35.4 Å². The second-order valence-electron chi connectivity index (χ2n) is 6.29. The lowest BCUT2D eigenvalue weighted by atomic mass is 9.94. The Bertz CT molecular complexity index is 981. The molecule has 0 amide bonds. The highest BCUT2D eigenvalue weighted by Crippen LogP contribution is 2.36. The number of benzene rings is 1. The van der Waals surface area contributed by atoms with E-state index in [0.717, 1.165) is 65.9 Å². The largest absolute Gasteiger partial charge is 0.378 e. The Labute approximate surface area is 151 Å². The summed E-state index contributed by atoms with van der Waals surface area (Å²) in [6.45, 7) is 3.17. The maximum absolute atomic E-state index is 5.42. The fourth-order valence-corrected chi connectivity index (χ4v) is 3.31. The van der Waals surface area contributed by atoms with Crippen LogP contribution in [-0.2, 0) is 4.74 Å². The van der Waals surface area contributed by atoms with E-state index < -0.39 is 0 Å². The maximum Gasteiger partial charge on any atom is 0.132 e. The first-order valence-corrected chi connectivity index (χ1v) is 8.67. The molecule has 2 aliphatic heterocycles. The van der Waals surface area contributed by atoms with E-state index in [1.807, 2.05) is 30.6 Å². The van der Waals surface area contributed by atoms with Crippen molar-refractivity contribution in [1.29, 1.82) is 0 Å². The molecule has 1 aromatic carbocycles. The number of fused-ring (bicyclic) bond motifs is 1. The predicted octanol–water partition coefficient (Wildman–Crippen LogP) is 2.86. The fraction of sp³-hybridized carbons (Fsp3) is 0.200. The minimum Gasteiger partial charge on any atom is -0.378 e. The molecule has 1 saturated heterocycles. The molecule has 0 atom stereocenters. The summed E-state index contributed by atoms with van der Waals surface area (Å²) in [5, 5.41) is 0. The van der Waals surface area contributed by atoms with Crippen LogP contribution in [0.25, 0.3) is 11.1 Å². The van der Waals surface area contributed by atoms with Crippen LogP contribution in [0.2, 0.25) is 0 Å². The number of anilines is 1. The lowest BCUT2D eigenvalue weighted by molar-refractivity contribution is 0.122. The Morgan fingerprint density at radius 3 is 2.58 bits per heavy atom. The predicted molar refractivity (Wildman–Crippen MR) is 100 cm³/mol. The maximum atomic E-state index is 5.42. The monoisotopic (exact) mass is 343 g/mol. The number of ether oxygens (including phenoxy) is 1. The van der Waals surface area contributed by atoms with Gasteiger partial charge in [0, 0.05) is 37.1 Å². The molecule has 0 aliphatic carbocycles. The smallest absolute Gasteiger partial charge is 0.132 e. The van der Waals surface area contributed by atoms with Gasteiger partial charge in [-0.15, -0.1) is 0 Å². The minimum atomic E-state index is 0.735. The van der Waals surface area contributed by atoms with Crippen LogP contribution in [0.5, 0.6) is 0 Å². The van der Waals surface area contributed by atoms with Gasteiger partial charge < -0.3 is 9.64 Å². The van der Waals surface area contributed by atoms with Crippen LogP contribution in [-0.4, -0.2) is 47.0 Å². The molecule has 1 fully saturated rings. The normalized spacial score (nSPS) is 15.8. The van der Waals surface area contributed by atoms with Gasteiger partial charge in [0.05, 0.1) is 30.3 Å². The Morgan fingerprint density at radius 2 is 1.73 bits per heavy atom. The van der Waals surface area contributed by atoms with E-state index in [-0.39, 0.29) is 0 Å². The first-order chi connectivity index (χ1) is 12.9. The molecular weight excluding hydrogens is 326 g/mol. The van der Waals surface area contributed by atoms with Crippen molar-refractivity contribution in [2.75, 3.05) is 31.2 Å². The number of rotatable bonds is 3. The van der Waals surface area contributed by atoms with E-state index in [4.69, 9.17) is 4.74 Å². The number of hydrogen-bond acceptors (Lipinski definition) is 6. The molecule has 2 aliphatic rings. The van der Waals surface area contributed by atoms with Gasteiger partial charge in [-0.1, -0.05) is 6.07 Å². The van der Waals surface area contributed by atoms with Crippen molar-refractivity contribution in [3.05, 3.63) is 66.4 Å². The Hall–Kier alpha value is -3.12. The summed E-state index contributed by atoms with van der Waals surface area (Å²) in [4.78, 5) is 19.8. The summed E-state index contributed by atoms with van der Waals surface area (Å²) >= 11 is 0. The highest BCUT2D eigenvalue weighted by Gasteiger charge is 2.23. The molecule has 4 heterocycles. The van der Waals surface area contributed by atoms with Crippen LogP contribution in [0.15, 0.2) is 60.1 Å². The van der Waals surface area contributed by atoms with Gasteiger partial charge in [-0.3, -0.25) is 4.98 Å². The molecule has 0 bridgehead atoms. The molecule has 5 rings (SSSR count). The Morgan fingerprint density at radius 1 is 0.885 bits per heavy atom. The van der Waals surface area contributed by atoms with Crippen molar-refractivity contribution in [3.63, 3.8) is 0 Å². The second kappa shape index (κ2) is 6.31. The summed E-state index contributed by atoms with van der Waals surface area (Å²) in [5.41, 5.74) is 6.22. The molecule has 26 heavy (non-hydrogen) atoms. The van der Waals surface area contributed by atoms with E-state index in [0.29, 0.717) is 0 Å². The number of morpholine rings is 1. The molecule has 3 aromatic rings. The highest BCUT2D eigenvalue weighted by atomic mass is 16.5. The quantitative estimate of drug-likeness (QED) is 0.572. The fourth-order valence-electron chi connectivity index (χ4n) is 3.31. The summed E-state index contributed by atoms with van der Waals surface area (Å²) < 4.78 is 5.42.